The number of carbonyl (C=O) groups excluding carboxylic acids is 1. The topological polar surface area (TPSA) is 116 Å². The second kappa shape index (κ2) is 10.7. The number of likely N-dealkylation sites (tertiary alicyclic amines) is 1. The molecule has 0 radical (unpaired) electrons. The monoisotopic (exact) mass is 535 g/mol. The molecule has 1 atom stereocenters. The van der Waals surface area contributed by atoms with Gasteiger partial charge in [0.05, 0.1) is 15.9 Å². The fraction of sp³-hybridized carbons (Fsp3) is 0.370. The van der Waals surface area contributed by atoms with Crippen LogP contribution >= 0.6 is 11.3 Å². The zero-order valence-electron chi connectivity index (χ0n) is 21.5. The van der Waals surface area contributed by atoms with Gasteiger partial charge in [0.1, 0.15) is 11.8 Å². The summed E-state index contributed by atoms with van der Waals surface area (Å²) < 4.78 is 14.6. The summed E-state index contributed by atoms with van der Waals surface area (Å²) in [6, 6.07) is 7.60. The van der Waals surface area contributed by atoms with E-state index in [1.165, 1.54) is 11.3 Å². The summed E-state index contributed by atoms with van der Waals surface area (Å²) in [6.45, 7) is 7.46. The molecule has 1 saturated heterocycles. The van der Waals surface area contributed by atoms with Crippen molar-refractivity contribution in [2.75, 3.05) is 25.0 Å². The summed E-state index contributed by atoms with van der Waals surface area (Å²) in [5.41, 5.74) is 3.80. The molecule has 0 saturated carbocycles. The van der Waals surface area contributed by atoms with Crippen LogP contribution in [0.2, 0.25) is 0 Å². The number of aliphatic hydroxyl groups is 1. The molecule has 38 heavy (non-hydrogen) atoms. The normalized spacial score (nSPS) is 16.2. The van der Waals surface area contributed by atoms with E-state index in [1.807, 2.05) is 31.2 Å². The maximum atomic E-state index is 13.7. The van der Waals surface area contributed by atoms with Crippen molar-refractivity contribution in [1.82, 2.24) is 30.2 Å². The van der Waals surface area contributed by atoms with Crippen LogP contribution < -0.4 is 10.6 Å². The Bertz CT molecular complexity index is 1450. The molecule has 1 aliphatic heterocycles. The standard InChI is InChI=1S/C27H30FN7O2S/c1-4-29-25(36)34-26-33-22-11-17(18-12-31-24(32-13-18)27(2,3)37)10-20(23(22)38-26)21-9-16(5-7-30-21)14-35-8-6-19(28)15-35/h5,7,9-13,19,37H,4,6,8,14-15H2,1-3H3,(H2,29,33,34,36)/t19-/m1/s1. The van der Waals surface area contributed by atoms with Crippen molar-refractivity contribution in [3.8, 4) is 22.4 Å². The van der Waals surface area contributed by atoms with Crippen LogP contribution in [0.1, 0.15) is 38.6 Å². The third-order valence-corrected chi connectivity index (χ3v) is 7.32. The number of aromatic nitrogens is 4. The lowest BCUT2D eigenvalue weighted by Crippen LogP contribution is -2.28. The van der Waals surface area contributed by atoms with Crippen molar-refractivity contribution in [2.45, 2.75) is 45.5 Å². The molecule has 3 aromatic heterocycles. The Labute approximate surface area is 224 Å². The molecular formula is C27H30FN7O2S. The molecule has 5 rings (SSSR count). The van der Waals surface area contributed by atoms with Gasteiger partial charge in [0, 0.05) is 55.9 Å². The summed E-state index contributed by atoms with van der Waals surface area (Å²) in [4.78, 5) is 32.3. The molecule has 1 aromatic carbocycles. The van der Waals surface area contributed by atoms with Gasteiger partial charge in [-0.1, -0.05) is 11.3 Å². The molecule has 2 amide bonds. The largest absolute Gasteiger partial charge is 0.382 e. The number of amides is 2. The third kappa shape index (κ3) is 5.79. The van der Waals surface area contributed by atoms with Gasteiger partial charge in [-0.2, -0.15) is 0 Å². The summed E-state index contributed by atoms with van der Waals surface area (Å²) >= 11 is 1.37. The summed E-state index contributed by atoms with van der Waals surface area (Å²) in [5.74, 6) is 0.330. The van der Waals surface area contributed by atoms with Gasteiger partial charge in [0.2, 0.25) is 0 Å². The zero-order valence-corrected chi connectivity index (χ0v) is 22.3. The minimum absolute atomic E-state index is 0.319. The first kappa shape index (κ1) is 26.1. The quantitative estimate of drug-likeness (QED) is 0.313. The predicted octanol–water partition coefficient (Wildman–Crippen LogP) is 4.73. The molecule has 9 nitrogen and oxygen atoms in total. The number of hydrogen-bond acceptors (Lipinski definition) is 8. The number of fused-ring (bicyclic) bond motifs is 1. The van der Waals surface area contributed by atoms with Crippen LogP contribution in [-0.2, 0) is 12.1 Å². The number of benzene rings is 1. The first-order valence-corrected chi connectivity index (χ1v) is 13.4. The molecule has 11 heteroatoms. The van der Waals surface area contributed by atoms with Gasteiger partial charge < -0.3 is 10.4 Å². The number of alkyl halides is 1. The van der Waals surface area contributed by atoms with Crippen LogP contribution in [0.4, 0.5) is 14.3 Å². The molecule has 0 aliphatic carbocycles. The number of nitrogens with zero attached hydrogens (tertiary/aromatic N) is 5. The highest BCUT2D eigenvalue weighted by Gasteiger charge is 2.23. The van der Waals surface area contributed by atoms with Crippen molar-refractivity contribution in [3.05, 3.63) is 54.2 Å². The van der Waals surface area contributed by atoms with Gasteiger partial charge >= 0.3 is 6.03 Å². The van der Waals surface area contributed by atoms with E-state index in [9.17, 15) is 14.3 Å². The van der Waals surface area contributed by atoms with Crippen LogP contribution in [0.3, 0.4) is 0 Å². The van der Waals surface area contributed by atoms with Crippen LogP contribution in [0.5, 0.6) is 0 Å². The molecule has 1 aliphatic rings. The fourth-order valence-electron chi connectivity index (χ4n) is 4.45. The van der Waals surface area contributed by atoms with E-state index >= 15 is 0 Å². The fourth-order valence-corrected chi connectivity index (χ4v) is 5.41. The van der Waals surface area contributed by atoms with E-state index in [0.29, 0.717) is 42.5 Å². The van der Waals surface area contributed by atoms with Gasteiger partial charge in [-0.05, 0) is 62.6 Å². The molecule has 0 unspecified atom stereocenters. The number of thiazole rings is 1. The van der Waals surface area contributed by atoms with Crippen LogP contribution in [0, 0.1) is 0 Å². The molecular weight excluding hydrogens is 505 g/mol. The van der Waals surface area contributed by atoms with Crippen LogP contribution in [0.15, 0.2) is 42.9 Å². The summed E-state index contributed by atoms with van der Waals surface area (Å²) in [6.07, 6.45) is 4.91. The zero-order chi connectivity index (χ0) is 26.9. The van der Waals surface area contributed by atoms with Crippen molar-refractivity contribution >= 4 is 32.7 Å². The number of urea groups is 1. The predicted molar refractivity (Wildman–Crippen MR) is 147 cm³/mol. The Hall–Kier alpha value is -3.54. The van der Waals surface area contributed by atoms with Gasteiger partial charge in [-0.15, -0.1) is 0 Å². The van der Waals surface area contributed by atoms with E-state index < -0.39 is 11.8 Å². The number of halogens is 1. The lowest BCUT2D eigenvalue weighted by Gasteiger charge is -2.16. The molecule has 198 valence electrons. The maximum Gasteiger partial charge on any atom is 0.321 e. The lowest BCUT2D eigenvalue weighted by molar-refractivity contribution is 0.0687. The van der Waals surface area contributed by atoms with Gasteiger partial charge in [-0.25, -0.2) is 24.1 Å². The second-order valence-electron chi connectivity index (χ2n) is 9.90. The highest BCUT2D eigenvalue weighted by molar-refractivity contribution is 7.22. The number of pyridine rings is 1. The first-order chi connectivity index (χ1) is 18.2. The second-order valence-corrected chi connectivity index (χ2v) is 10.9. The van der Waals surface area contributed by atoms with Gasteiger partial charge in [0.25, 0.3) is 0 Å². The van der Waals surface area contributed by atoms with E-state index in [-0.39, 0.29) is 6.03 Å². The molecule has 0 spiro atoms. The lowest BCUT2D eigenvalue weighted by atomic mass is 10.0. The minimum Gasteiger partial charge on any atom is -0.382 e. The van der Waals surface area contributed by atoms with Crippen molar-refractivity contribution in [1.29, 1.82) is 0 Å². The van der Waals surface area contributed by atoms with Crippen molar-refractivity contribution < 1.29 is 14.3 Å². The average Bonchev–Trinajstić information content (AvgIpc) is 3.48. The van der Waals surface area contributed by atoms with Crippen LogP contribution in [0.25, 0.3) is 32.6 Å². The Kier molecular flexibility index (Phi) is 7.33. The SMILES string of the molecule is CCNC(=O)Nc1nc2cc(-c3cnc(C(C)(C)O)nc3)cc(-c3cc(CN4CC[C@@H](F)C4)ccn3)c2s1. The number of anilines is 1. The Morgan fingerprint density at radius 2 is 2.00 bits per heavy atom. The number of nitrogens with one attached hydrogen (secondary N) is 2. The highest BCUT2D eigenvalue weighted by atomic mass is 32.1. The van der Waals surface area contributed by atoms with E-state index in [2.05, 4.69) is 35.5 Å². The number of hydrogen-bond donors (Lipinski definition) is 3. The first-order valence-electron chi connectivity index (χ1n) is 12.6. The number of carbonyl (C=O) groups is 1. The minimum atomic E-state index is -1.15. The van der Waals surface area contributed by atoms with E-state index in [0.717, 1.165) is 39.2 Å². The molecule has 4 aromatic rings. The number of rotatable bonds is 7. The smallest absolute Gasteiger partial charge is 0.321 e. The third-order valence-electron chi connectivity index (χ3n) is 6.30. The Balaban J connectivity index is 1.56. The van der Waals surface area contributed by atoms with Crippen molar-refractivity contribution in [3.63, 3.8) is 0 Å². The molecule has 4 heterocycles. The van der Waals surface area contributed by atoms with Gasteiger partial charge in [-0.3, -0.25) is 15.2 Å². The van der Waals surface area contributed by atoms with Gasteiger partial charge in [0.15, 0.2) is 11.0 Å². The maximum absolute atomic E-state index is 13.7. The molecule has 0 bridgehead atoms. The molecule has 1 fully saturated rings. The van der Waals surface area contributed by atoms with E-state index in [4.69, 9.17) is 0 Å². The highest BCUT2D eigenvalue weighted by Crippen LogP contribution is 2.38. The Morgan fingerprint density at radius 1 is 1.21 bits per heavy atom. The summed E-state index contributed by atoms with van der Waals surface area (Å²) in [5, 5.41) is 16.2. The molecule has 3 N–H and O–H groups in total. The van der Waals surface area contributed by atoms with Crippen molar-refractivity contribution in [2.24, 2.45) is 0 Å². The Morgan fingerprint density at radius 3 is 2.68 bits per heavy atom. The summed E-state index contributed by atoms with van der Waals surface area (Å²) in [7, 11) is 0. The average molecular weight is 536 g/mol. The van der Waals surface area contributed by atoms with E-state index in [1.54, 1.807) is 32.4 Å². The van der Waals surface area contributed by atoms with Crippen LogP contribution in [-0.4, -0.2) is 61.8 Å².